The van der Waals surface area contributed by atoms with Crippen molar-refractivity contribution in [3.63, 3.8) is 0 Å². The van der Waals surface area contributed by atoms with Gasteiger partial charge in [0.2, 0.25) is 0 Å². The van der Waals surface area contributed by atoms with E-state index in [0.29, 0.717) is 0 Å². The zero-order valence-corrected chi connectivity index (χ0v) is 12.6. The molecule has 0 spiro atoms. The fourth-order valence-corrected chi connectivity index (χ4v) is 2.83. The molecule has 1 aromatic carbocycles. The van der Waals surface area contributed by atoms with Gasteiger partial charge in [0.25, 0.3) is 0 Å². The fraction of sp³-hybridized carbons (Fsp3) is 0.625. The molecule has 0 aliphatic carbocycles. The average molecular weight is 262 g/mol. The molecule has 1 aliphatic heterocycles. The summed E-state index contributed by atoms with van der Waals surface area (Å²) in [5.41, 5.74) is 10.4. The molecule has 2 N–H and O–H groups in total. The minimum absolute atomic E-state index is 0.0190. The lowest BCUT2D eigenvalue weighted by Gasteiger charge is -2.45. The first kappa shape index (κ1) is 14.5. The predicted octanol–water partition coefficient (Wildman–Crippen LogP) is 2.41. The minimum Gasteiger partial charge on any atom is -0.379 e. The van der Waals surface area contributed by atoms with E-state index in [1.807, 2.05) is 0 Å². The van der Waals surface area contributed by atoms with Gasteiger partial charge in [0.15, 0.2) is 0 Å². The van der Waals surface area contributed by atoms with Crippen molar-refractivity contribution in [3.05, 3.63) is 34.9 Å². The highest BCUT2D eigenvalue weighted by molar-refractivity contribution is 5.36. The molecule has 0 saturated carbocycles. The maximum absolute atomic E-state index is 6.59. The second kappa shape index (κ2) is 5.61. The Morgan fingerprint density at radius 3 is 2.47 bits per heavy atom. The molecule has 1 fully saturated rings. The van der Waals surface area contributed by atoms with Crippen LogP contribution >= 0.6 is 0 Å². The molecule has 1 atom stereocenters. The number of morpholine rings is 1. The van der Waals surface area contributed by atoms with Crippen LogP contribution in [0.2, 0.25) is 0 Å². The van der Waals surface area contributed by atoms with Crippen LogP contribution in [-0.2, 0) is 4.74 Å². The summed E-state index contributed by atoms with van der Waals surface area (Å²) >= 11 is 0. The van der Waals surface area contributed by atoms with E-state index in [0.717, 1.165) is 26.3 Å². The number of benzene rings is 1. The number of ether oxygens (including phenoxy) is 1. The van der Waals surface area contributed by atoms with Crippen LogP contribution in [0.25, 0.3) is 0 Å². The second-order valence-corrected chi connectivity index (χ2v) is 6.02. The Morgan fingerprint density at radius 2 is 1.84 bits per heavy atom. The van der Waals surface area contributed by atoms with Gasteiger partial charge in [0.1, 0.15) is 0 Å². The smallest absolute Gasteiger partial charge is 0.0594 e. The Kier molecular flexibility index (Phi) is 4.29. The Balaban J connectivity index is 2.26. The topological polar surface area (TPSA) is 38.5 Å². The predicted molar refractivity (Wildman–Crippen MR) is 79.3 cm³/mol. The van der Waals surface area contributed by atoms with E-state index in [9.17, 15) is 0 Å². The first-order valence-electron chi connectivity index (χ1n) is 7.09. The maximum Gasteiger partial charge on any atom is 0.0594 e. The Labute approximate surface area is 116 Å². The van der Waals surface area contributed by atoms with Gasteiger partial charge in [-0.25, -0.2) is 0 Å². The molecule has 1 aromatic rings. The number of hydrogen-bond acceptors (Lipinski definition) is 3. The first-order valence-corrected chi connectivity index (χ1v) is 7.09. The summed E-state index contributed by atoms with van der Waals surface area (Å²) < 4.78 is 5.44. The van der Waals surface area contributed by atoms with Gasteiger partial charge in [-0.1, -0.05) is 18.2 Å². The summed E-state index contributed by atoms with van der Waals surface area (Å²) in [5.74, 6) is 0. The van der Waals surface area contributed by atoms with Crippen LogP contribution in [0, 0.1) is 13.8 Å². The van der Waals surface area contributed by atoms with Crippen molar-refractivity contribution in [3.8, 4) is 0 Å². The summed E-state index contributed by atoms with van der Waals surface area (Å²) in [4.78, 5) is 2.45. The molecule has 2 rings (SSSR count). The van der Waals surface area contributed by atoms with Crippen molar-refractivity contribution < 1.29 is 4.74 Å². The third kappa shape index (κ3) is 2.83. The van der Waals surface area contributed by atoms with Crippen LogP contribution in [0.15, 0.2) is 18.2 Å². The molecule has 19 heavy (non-hydrogen) atoms. The SMILES string of the molecule is Cc1cccc(C(N)C(C)(C)N2CCOCC2)c1C. The van der Waals surface area contributed by atoms with Crippen molar-refractivity contribution in [1.29, 1.82) is 0 Å². The highest BCUT2D eigenvalue weighted by Gasteiger charge is 2.35. The first-order chi connectivity index (χ1) is 8.94. The number of nitrogens with two attached hydrogens (primary N) is 1. The molecule has 0 amide bonds. The van der Waals surface area contributed by atoms with Gasteiger partial charge in [-0.2, -0.15) is 0 Å². The number of aryl methyl sites for hydroxylation is 1. The molecule has 106 valence electrons. The standard InChI is InChI=1S/C16H26N2O/c1-12-6-5-7-14(13(12)2)15(17)16(3,4)18-8-10-19-11-9-18/h5-7,15H,8-11,17H2,1-4H3. The van der Waals surface area contributed by atoms with Gasteiger partial charge in [-0.05, 0) is 44.4 Å². The highest BCUT2D eigenvalue weighted by Crippen LogP contribution is 2.32. The van der Waals surface area contributed by atoms with Crippen molar-refractivity contribution in [1.82, 2.24) is 4.90 Å². The van der Waals surface area contributed by atoms with Gasteiger partial charge in [-0.15, -0.1) is 0 Å². The van der Waals surface area contributed by atoms with Crippen molar-refractivity contribution in [2.75, 3.05) is 26.3 Å². The van der Waals surface area contributed by atoms with Gasteiger partial charge >= 0.3 is 0 Å². The van der Waals surface area contributed by atoms with Crippen LogP contribution < -0.4 is 5.73 Å². The second-order valence-electron chi connectivity index (χ2n) is 6.02. The lowest BCUT2D eigenvalue weighted by atomic mass is 9.84. The summed E-state index contributed by atoms with van der Waals surface area (Å²) in [6, 6.07) is 6.43. The largest absolute Gasteiger partial charge is 0.379 e. The lowest BCUT2D eigenvalue weighted by Crippen LogP contribution is -2.55. The Morgan fingerprint density at radius 1 is 1.21 bits per heavy atom. The molecular weight excluding hydrogens is 236 g/mol. The zero-order valence-electron chi connectivity index (χ0n) is 12.6. The highest BCUT2D eigenvalue weighted by atomic mass is 16.5. The molecule has 1 aliphatic rings. The van der Waals surface area contributed by atoms with Crippen LogP contribution in [0.4, 0.5) is 0 Å². The van der Waals surface area contributed by atoms with E-state index >= 15 is 0 Å². The normalized spacial score (nSPS) is 19.4. The summed E-state index contributed by atoms with van der Waals surface area (Å²) in [7, 11) is 0. The Hall–Kier alpha value is -0.900. The molecule has 3 nitrogen and oxygen atoms in total. The molecule has 3 heteroatoms. The molecule has 1 unspecified atom stereocenters. The molecule has 1 saturated heterocycles. The van der Waals surface area contributed by atoms with E-state index < -0.39 is 0 Å². The Bertz CT molecular complexity index is 436. The summed E-state index contributed by atoms with van der Waals surface area (Å²) in [5, 5.41) is 0. The van der Waals surface area contributed by atoms with Crippen LogP contribution in [-0.4, -0.2) is 36.7 Å². The number of rotatable bonds is 3. The van der Waals surface area contributed by atoms with Crippen LogP contribution in [0.3, 0.4) is 0 Å². The van der Waals surface area contributed by atoms with E-state index in [2.05, 4.69) is 50.8 Å². The van der Waals surface area contributed by atoms with Gasteiger partial charge in [-0.3, -0.25) is 4.90 Å². The van der Waals surface area contributed by atoms with Gasteiger partial charge in [0, 0.05) is 24.7 Å². The third-order valence-electron chi connectivity index (χ3n) is 4.57. The van der Waals surface area contributed by atoms with Crippen molar-refractivity contribution >= 4 is 0 Å². The molecular formula is C16H26N2O. The van der Waals surface area contributed by atoms with Crippen LogP contribution in [0.5, 0.6) is 0 Å². The minimum atomic E-state index is -0.0532. The van der Waals surface area contributed by atoms with Gasteiger partial charge in [0.05, 0.1) is 13.2 Å². The van der Waals surface area contributed by atoms with E-state index in [4.69, 9.17) is 10.5 Å². The van der Waals surface area contributed by atoms with Gasteiger partial charge < -0.3 is 10.5 Å². The monoisotopic (exact) mass is 262 g/mol. The van der Waals surface area contributed by atoms with E-state index in [1.165, 1.54) is 16.7 Å². The van der Waals surface area contributed by atoms with E-state index in [1.54, 1.807) is 0 Å². The summed E-state index contributed by atoms with van der Waals surface area (Å²) in [6.07, 6.45) is 0. The van der Waals surface area contributed by atoms with Crippen molar-refractivity contribution in [2.45, 2.75) is 39.3 Å². The molecule has 1 heterocycles. The van der Waals surface area contributed by atoms with E-state index in [-0.39, 0.29) is 11.6 Å². The lowest BCUT2D eigenvalue weighted by molar-refractivity contribution is -0.0191. The summed E-state index contributed by atoms with van der Waals surface area (Å²) in [6.45, 7) is 12.3. The third-order valence-corrected chi connectivity index (χ3v) is 4.57. The number of nitrogens with zero attached hydrogens (tertiary/aromatic N) is 1. The maximum atomic E-state index is 6.59. The fourth-order valence-electron chi connectivity index (χ4n) is 2.83. The van der Waals surface area contributed by atoms with Crippen molar-refractivity contribution in [2.24, 2.45) is 5.73 Å². The average Bonchev–Trinajstić information content (AvgIpc) is 2.42. The van der Waals surface area contributed by atoms with Crippen LogP contribution in [0.1, 0.15) is 36.6 Å². The molecule has 0 radical (unpaired) electrons. The zero-order chi connectivity index (χ0) is 14.0. The molecule has 0 aromatic heterocycles. The molecule has 0 bridgehead atoms. The number of hydrogen-bond donors (Lipinski definition) is 1. The quantitative estimate of drug-likeness (QED) is 0.909.